The van der Waals surface area contributed by atoms with Gasteiger partial charge in [0.25, 0.3) is 11.8 Å². The van der Waals surface area contributed by atoms with Crippen LogP contribution < -0.4 is 9.64 Å². The standard InChI is InChI=1S/C24H28N2O4/c1-15(2)30-20-10-8-19(9-11-20)26-23(28)21(18-7-6-16(3)17(4)14-18)22(24(26)29)25(5)12-13-27/h6-11,14-15,27H,12-13H2,1-5H3. The summed E-state index contributed by atoms with van der Waals surface area (Å²) in [6, 6.07) is 12.6. The van der Waals surface area contributed by atoms with Crippen molar-refractivity contribution in [1.82, 2.24) is 4.90 Å². The van der Waals surface area contributed by atoms with Crippen LogP contribution in [0.2, 0.25) is 0 Å². The van der Waals surface area contributed by atoms with E-state index in [-0.39, 0.29) is 25.2 Å². The molecule has 2 aromatic rings. The van der Waals surface area contributed by atoms with E-state index in [0.29, 0.717) is 28.3 Å². The van der Waals surface area contributed by atoms with Gasteiger partial charge in [-0.1, -0.05) is 18.2 Å². The Hall–Kier alpha value is -3.12. The molecule has 0 fully saturated rings. The number of aliphatic hydroxyl groups is 1. The van der Waals surface area contributed by atoms with E-state index >= 15 is 0 Å². The lowest BCUT2D eigenvalue weighted by molar-refractivity contribution is -0.120. The zero-order valence-corrected chi connectivity index (χ0v) is 18.1. The average molecular weight is 408 g/mol. The molecule has 1 aliphatic heterocycles. The Morgan fingerprint density at radius 3 is 2.23 bits per heavy atom. The van der Waals surface area contributed by atoms with Crippen molar-refractivity contribution in [2.45, 2.75) is 33.8 Å². The van der Waals surface area contributed by atoms with Gasteiger partial charge in [-0.2, -0.15) is 0 Å². The number of hydrogen-bond donors (Lipinski definition) is 1. The van der Waals surface area contributed by atoms with Crippen molar-refractivity contribution >= 4 is 23.1 Å². The van der Waals surface area contributed by atoms with Crippen molar-refractivity contribution in [3.05, 3.63) is 64.9 Å². The van der Waals surface area contributed by atoms with Crippen LogP contribution in [-0.2, 0) is 9.59 Å². The highest BCUT2D eigenvalue weighted by Crippen LogP contribution is 2.35. The fourth-order valence-electron chi connectivity index (χ4n) is 3.47. The van der Waals surface area contributed by atoms with Gasteiger partial charge in [0.05, 0.1) is 24.0 Å². The topological polar surface area (TPSA) is 70.1 Å². The summed E-state index contributed by atoms with van der Waals surface area (Å²) in [7, 11) is 1.71. The van der Waals surface area contributed by atoms with E-state index in [4.69, 9.17) is 4.74 Å². The Kier molecular flexibility index (Phi) is 6.27. The summed E-state index contributed by atoms with van der Waals surface area (Å²) in [5.74, 6) is -0.102. The predicted molar refractivity (Wildman–Crippen MR) is 117 cm³/mol. The molecule has 0 saturated carbocycles. The number of imide groups is 1. The molecule has 0 atom stereocenters. The van der Waals surface area contributed by atoms with Gasteiger partial charge in [-0.15, -0.1) is 0 Å². The third-order valence-electron chi connectivity index (χ3n) is 5.14. The van der Waals surface area contributed by atoms with Gasteiger partial charge in [0, 0.05) is 13.6 Å². The molecule has 1 heterocycles. The minimum atomic E-state index is -0.401. The molecule has 6 heteroatoms. The van der Waals surface area contributed by atoms with Crippen molar-refractivity contribution in [1.29, 1.82) is 0 Å². The second-order valence-corrected chi connectivity index (χ2v) is 7.77. The summed E-state index contributed by atoms with van der Waals surface area (Å²) in [6.45, 7) is 7.97. The smallest absolute Gasteiger partial charge is 0.282 e. The second-order valence-electron chi connectivity index (χ2n) is 7.77. The van der Waals surface area contributed by atoms with Gasteiger partial charge in [-0.05, 0) is 68.7 Å². The third-order valence-corrected chi connectivity index (χ3v) is 5.14. The molecule has 0 unspecified atom stereocenters. The van der Waals surface area contributed by atoms with Crippen LogP contribution in [0.5, 0.6) is 5.75 Å². The molecule has 30 heavy (non-hydrogen) atoms. The van der Waals surface area contributed by atoms with Crippen LogP contribution in [0.25, 0.3) is 5.57 Å². The predicted octanol–water partition coefficient (Wildman–Crippen LogP) is 3.30. The number of aryl methyl sites for hydroxylation is 2. The number of rotatable bonds is 7. The van der Waals surface area contributed by atoms with Gasteiger partial charge < -0.3 is 14.7 Å². The Morgan fingerprint density at radius 1 is 1.00 bits per heavy atom. The highest BCUT2D eigenvalue weighted by atomic mass is 16.5. The van der Waals surface area contributed by atoms with Gasteiger partial charge >= 0.3 is 0 Å². The highest BCUT2D eigenvalue weighted by Gasteiger charge is 2.41. The summed E-state index contributed by atoms with van der Waals surface area (Å²) in [6.07, 6.45) is 0.0303. The van der Waals surface area contributed by atoms with Gasteiger partial charge in [0.2, 0.25) is 0 Å². The fourth-order valence-corrected chi connectivity index (χ4v) is 3.47. The van der Waals surface area contributed by atoms with E-state index in [1.54, 1.807) is 36.2 Å². The quantitative estimate of drug-likeness (QED) is 0.712. The number of carbonyl (C=O) groups is 2. The van der Waals surface area contributed by atoms with Crippen molar-refractivity contribution in [2.75, 3.05) is 25.1 Å². The maximum absolute atomic E-state index is 13.4. The molecule has 6 nitrogen and oxygen atoms in total. The molecule has 3 rings (SSSR count). The molecular weight excluding hydrogens is 380 g/mol. The van der Waals surface area contributed by atoms with Crippen LogP contribution in [0.4, 0.5) is 5.69 Å². The number of likely N-dealkylation sites (N-methyl/N-ethyl adjacent to an activating group) is 1. The fraction of sp³-hybridized carbons (Fsp3) is 0.333. The molecule has 0 radical (unpaired) electrons. The number of hydrogen-bond acceptors (Lipinski definition) is 5. The van der Waals surface area contributed by atoms with Crippen LogP contribution in [0.3, 0.4) is 0 Å². The first-order valence-electron chi connectivity index (χ1n) is 10.0. The van der Waals surface area contributed by atoms with Crippen LogP contribution in [0.15, 0.2) is 48.2 Å². The Morgan fingerprint density at radius 2 is 1.67 bits per heavy atom. The largest absolute Gasteiger partial charge is 0.491 e. The molecule has 2 aromatic carbocycles. The van der Waals surface area contributed by atoms with Gasteiger partial charge in [-0.25, -0.2) is 4.90 Å². The van der Waals surface area contributed by atoms with E-state index in [1.807, 2.05) is 45.9 Å². The Bertz CT molecular complexity index is 993. The molecule has 0 aliphatic carbocycles. The van der Waals surface area contributed by atoms with E-state index < -0.39 is 5.91 Å². The lowest BCUT2D eigenvalue weighted by atomic mass is 9.99. The molecule has 1 N–H and O–H groups in total. The van der Waals surface area contributed by atoms with E-state index in [2.05, 4.69) is 0 Å². The lowest BCUT2D eigenvalue weighted by Gasteiger charge is -2.20. The summed E-state index contributed by atoms with van der Waals surface area (Å²) in [5.41, 5.74) is 3.96. The minimum absolute atomic E-state index is 0.0303. The molecule has 0 aromatic heterocycles. The monoisotopic (exact) mass is 408 g/mol. The molecule has 158 valence electrons. The van der Waals surface area contributed by atoms with Crippen LogP contribution in [0, 0.1) is 13.8 Å². The summed E-state index contributed by atoms with van der Waals surface area (Å²) in [4.78, 5) is 29.6. The van der Waals surface area contributed by atoms with Gasteiger partial charge in [-0.3, -0.25) is 9.59 Å². The van der Waals surface area contributed by atoms with Crippen LogP contribution in [0.1, 0.15) is 30.5 Å². The van der Waals surface area contributed by atoms with E-state index in [1.165, 1.54) is 4.90 Å². The van der Waals surface area contributed by atoms with Crippen LogP contribution >= 0.6 is 0 Å². The van der Waals surface area contributed by atoms with E-state index in [0.717, 1.165) is 11.1 Å². The van der Waals surface area contributed by atoms with Crippen molar-refractivity contribution in [3.8, 4) is 5.75 Å². The summed E-state index contributed by atoms with van der Waals surface area (Å²) < 4.78 is 5.66. The molecule has 0 saturated heterocycles. The first-order chi connectivity index (χ1) is 14.2. The Balaban J connectivity index is 2.05. The number of aliphatic hydroxyl groups excluding tert-OH is 1. The number of amides is 2. The first-order valence-corrected chi connectivity index (χ1v) is 10.0. The zero-order valence-electron chi connectivity index (χ0n) is 18.1. The number of benzene rings is 2. The summed E-state index contributed by atoms with van der Waals surface area (Å²) in [5, 5.41) is 9.38. The second kappa shape index (κ2) is 8.71. The number of carbonyl (C=O) groups excluding carboxylic acids is 2. The third kappa shape index (κ3) is 4.09. The van der Waals surface area contributed by atoms with Crippen LogP contribution in [-0.4, -0.2) is 48.1 Å². The number of anilines is 1. The number of nitrogens with zero attached hydrogens (tertiary/aromatic N) is 2. The molecule has 2 amide bonds. The maximum Gasteiger partial charge on any atom is 0.282 e. The number of ether oxygens (including phenoxy) is 1. The van der Waals surface area contributed by atoms with Gasteiger partial charge in [0.1, 0.15) is 11.4 Å². The zero-order chi connectivity index (χ0) is 22.0. The highest BCUT2D eigenvalue weighted by molar-refractivity contribution is 6.45. The van der Waals surface area contributed by atoms with Crippen molar-refractivity contribution in [3.63, 3.8) is 0 Å². The van der Waals surface area contributed by atoms with Crippen molar-refractivity contribution < 1.29 is 19.4 Å². The first kappa shape index (κ1) is 21.6. The lowest BCUT2D eigenvalue weighted by Crippen LogP contribution is -2.34. The average Bonchev–Trinajstić information content (AvgIpc) is 2.95. The normalized spacial score (nSPS) is 14.2. The summed E-state index contributed by atoms with van der Waals surface area (Å²) >= 11 is 0. The maximum atomic E-state index is 13.4. The minimum Gasteiger partial charge on any atom is -0.491 e. The van der Waals surface area contributed by atoms with E-state index in [9.17, 15) is 14.7 Å². The molecule has 0 bridgehead atoms. The Labute approximate surface area is 177 Å². The SMILES string of the molecule is Cc1ccc(C2=C(N(C)CCO)C(=O)N(c3ccc(OC(C)C)cc3)C2=O)cc1C. The molecular formula is C24H28N2O4. The van der Waals surface area contributed by atoms with Gasteiger partial charge in [0.15, 0.2) is 0 Å². The molecule has 0 spiro atoms. The van der Waals surface area contributed by atoms with Crippen molar-refractivity contribution in [2.24, 2.45) is 0 Å². The molecule has 1 aliphatic rings.